The first-order valence-corrected chi connectivity index (χ1v) is 4.72. The lowest BCUT2D eigenvalue weighted by Gasteiger charge is -2.24. The fourth-order valence-electron chi connectivity index (χ4n) is 0.923. The Balaban J connectivity index is 4.19. The normalized spacial score (nSPS) is 11.4. The van der Waals surface area contributed by atoms with E-state index in [0.717, 1.165) is 7.05 Å². The molecule has 0 rings (SSSR count). The van der Waals surface area contributed by atoms with Crippen molar-refractivity contribution < 1.29 is 23.1 Å². The Morgan fingerprint density at radius 3 is 2.53 bits per heavy atom. The number of ether oxygens (including phenoxy) is 1. The third-order valence-electron chi connectivity index (χ3n) is 1.89. The van der Waals surface area contributed by atoms with Gasteiger partial charge in [0.15, 0.2) is 0 Å². The number of carbonyl (C=O) groups is 2. The van der Waals surface area contributed by atoms with Gasteiger partial charge in [0.2, 0.25) is 5.91 Å². The van der Waals surface area contributed by atoms with Crippen LogP contribution in [0, 0.1) is 0 Å². The Hall–Kier alpha value is -1.32. The molecule has 0 unspecified atom stereocenters. The molecule has 0 aromatic carbocycles. The molecule has 0 saturated heterocycles. The average Bonchev–Trinajstić information content (AvgIpc) is 2.28. The minimum absolute atomic E-state index is 0.206. The van der Waals surface area contributed by atoms with E-state index >= 15 is 0 Å². The fourth-order valence-corrected chi connectivity index (χ4v) is 0.923. The second-order valence-electron chi connectivity index (χ2n) is 3.21. The molecule has 0 radical (unpaired) electrons. The molecule has 9 heteroatoms. The molecule has 0 bridgehead atoms. The number of amides is 2. The van der Waals surface area contributed by atoms with Crippen LogP contribution in [0.25, 0.3) is 0 Å². The fraction of sp³-hybridized carbons (Fsp3) is 0.750. The number of rotatable bonds is 7. The molecule has 0 aromatic rings. The van der Waals surface area contributed by atoms with E-state index in [0.29, 0.717) is 0 Å². The zero-order chi connectivity index (χ0) is 13.5. The van der Waals surface area contributed by atoms with E-state index in [1.807, 2.05) is 0 Å². The van der Waals surface area contributed by atoms with Gasteiger partial charge in [0.05, 0.1) is 13.2 Å². The molecule has 0 aliphatic heterocycles. The van der Waals surface area contributed by atoms with Crippen molar-refractivity contribution in [2.24, 2.45) is 5.84 Å². The number of halogens is 2. The average molecular weight is 254 g/mol. The molecule has 7 nitrogen and oxygen atoms in total. The van der Waals surface area contributed by atoms with Gasteiger partial charge >= 0.3 is 12.0 Å². The van der Waals surface area contributed by atoms with Gasteiger partial charge in [-0.05, 0) is 7.05 Å². The molecule has 0 saturated carbocycles. The molecule has 2 amide bonds. The van der Waals surface area contributed by atoms with Gasteiger partial charge in [0.25, 0.3) is 0 Å². The number of carbonyl (C=O) groups excluding carboxylic acids is 2. The molecular weight excluding hydrogens is 238 g/mol. The molecule has 0 aliphatic rings. The Morgan fingerprint density at radius 1 is 1.47 bits per heavy atom. The second-order valence-corrected chi connectivity index (χ2v) is 3.21. The van der Waals surface area contributed by atoms with Crippen molar-refractivity contribution in [2.75, 3.05) is 33.9 Å². The summed E-state index contributed by atoms with van der Waals surface area (Å²) < 4.78 is 31.0. The SMILES string of the molecule is COCCNC(=O)CN(C)C(F)(F)C(=O)NN. The van der Waals surface area contributed by atoms with Crippen LogP contribution in [0.3, 0.4) is 0 Å². The zero-order valence-corrected chi connectivity index (χ0v) is 9.63. The molecule has 0 heterocycles. The van der Waals surface area contributed by atoms with Crippen LogP contribution in [0.4, 0.5) is 8.78 Å². The first kappa shape index (κ1) is 15.7. The third-order valence-corrected chi connectivity index (χ3v) is 1.89. The largest absolute Gasteiger partial charge is 0.385 e. The lowest BCUT2D eigenvalue weighted by atomic mass is 10.4. The second kappa shape index (κ2) is 7.09. The van der Waals surface area contributed by atoms with E-state index in [4.69, 9.17) is 0 Å². The van der Waals surface area contributed by atoms with Gasteiger partial charge < -0.3 is 10.1 Å². The Morgan fingerprint density at radius 2 is 2.06 bits per heavy atom. The van der Waals surface area contributed by atoms with Crippen LogP contribution in [0.5, 0.6) is 0 Å². The smallest absolute Gasteiger partial charge is 0.383 e. The van der Waals surface area contributed by atoms with Crippen LogP contribution >= 0.6 is 0 Å². The van der Waals surface area contributed by atoms with Gasteiger partial charge in [-0.1, -0.05) is 0 Å². The van der Waals surface area contributed by atoms with Gasteiger partial charge in [-0.2, -0.15) is 8.78 Å². The highest BCUT2D eigenvalue weighted by molar-refractivity contribution is 5.84. The number of alkyl halides is 2. The molecule has 0 atom stereocenters. The lowest BCUT2D eigenvalue weighted by molar-refractivity contribution is -0.175. The maximum absolute atomic E-state index is 13.2. The van der Waals surface area contributed by atoms with E-state index in [2.05, 4.69) is 15.9 Å². The molecule has 0 spiro atoms. The van der Waals surface area contributed by atoms with Crippen molar-refractivity contribution in [1.29, 1.82) is 0 Å². The Bertz CT molecular complexity index is 275. The highest BCUT2D eigenvalue weighted by atomic mass is 19.3. The summed E-state index contributed by atoms with van der Waals surface area (Å²) in [5.74, 6) is 2.28. The molecule has 0 aromatic heterocycles. The van der Waals surface area contributed by atoms with E-state index in [1.54, 1.807) is 0 Å². The molecule has 0 aliphatic carbocycles. The van der Waals surface area contributed by atoms with E-state index in [9.17, 15) is 18.4 Å². The summed E-state index contributed by atoms with van der Waals surface area (Å²) in [6.45, 7) is -0.156. The van der Waals surface area contributed by atoms with Gasteiger partial charge in [0, 0.05) is 13.7 Å². The van der Waals surface area contributed by atoms with Crippen LogP contribution in [0.1, 0.15) is 0 Å². The van der Waals surface area contributed by atoms with E-state index in [-0.39, 0.29) is 18.1 Å². The summed E-state index contributed by atoms with van der Waals surface area (Å²) in [4.78, 5) is 22.2. The number of hydrogen-bond donors (Lipinski definition) is 3. The van der Waals surface area contributed by atoms with Crippen molar-refractivity contribution in [3.8, 4) is 0 Å². The number of nitrogens with zero attached hydrogens (tertiary/aromatic N) is 1. The first-order chi connectivity index (χ1) is 7.86. The zero-order valence-electron chi connectivity index (χ0n) is 9.63. The summed E-state index contributed by atoms with van der Waals surface area (Å²) >= 11 is 0. The summed E-state index contributed by atoms with van der Waals surface area (Å²) in [6.07, 6.45) is 0. The van der Waals surface area contributed by atoms with Crippen LogP contribution in [-0.2, 0) is 14.3 Å². The number of hydrazine groups is 1. The monoisotopic (exact) mass is 254 g/mol. The molecule has 17 heavy (non-hydrogen) atoms. The van der Waals surface area contributed by atoms with Crippen molar-refractivity contribution in [3.05, 3.63) is 0 Å². The summed E-state index contributed by atoms with van der Waals surface area (Å²) in [5, 5.41) is 2.34. The summed E-state index contributed by atoms with van der Waals surface area (Å²) in [7, 11) is 2.38. The Labute approximate surface area is 97.2 Å². The van der Waals surface area contributed by atoms with Crippen molar-refractivity contribution in [2.45, 2.75) is 6.05 Å². The highest BCUT2D eigenvalue weighted by Gasteiger charge is 2.43. The first-order valence-electron chi connectivity index (χ1n) is 4.72. The van der Waals surface area contributed by atoms with Crippen molar-refractivity contribution in [3.63, 3.8) is 0 Å². The van der Waals surface area contributed by atoms with Crippen LogP contribution in [-0.4, -0.2) is 56.6 Å². The quantitative estimate of drug-likeness (QED) is 0.165. The Kier molecular flexibility index (Phi) is 6.54. The van der Waals surface area contributed by atoms with E-state index in [1.165, 1.54) is 12.5 Å². The van der Waals surface area contributed by atoms with Gasteiger partial charge in [0.1, 0.15) is 0 Å². The number of likely N-dealkylation sites (N-methyl/N-ethyl adjacent to an activating group) is 1. The highest BCUT2D eigenvalue weighted by Crippen LogP contribution is 2.16. The molecular formula is C8H16F2N4O3. The third kappa shape index (κ3) is 5.02. The maximum atomic E-state index is 13.2. The maximum Gasteiger partial charge on any atom is 0.385 e. The standard InChI is InChI=1S/C8H16F2N4O3/c1-14(8(9,10)7(16)13-11)5-6(15)12-3-4-17-2/h3-5,11H2,1-2H3,(H,12,15)(H,13,16). The summed E-state index contributed by atoms with van der Waals surface area (Å²) in [6, 6.07) is -3.84. The van der Waals surface area contributed by atoms with Crippen molar-refractivity contribution in [1.82, 2.24) is 15.6 Å². The van der Waals surface area contributed by atoms with Gasteiger partial charge in [-0.3, -0.25) is 15.0 Å². The topological polar surface area (TPSA) is 96.7 Å². The lowest BCUT2D eigenvalue weighted by Crippen LogP contribution is -2.55. The number of hydrogen-bond acceptors (Lipinski definition) is 5. The minimum Gasteiger partial charge on any atom is -0.383 e. The van der Waals surface area contributed by atoms with Crippen LogP contribution in [0.2, 0.25) is 0 Å². The molecule has 4 N–H and O–H groups in total. The molecule has 100 valence electrons. The minimum atomic E-state index is -3.84. The number of methoxy groups -OCH3 is 1. The number of nitrogens with two attached hydrogens (primary N) is 1. The van der Waals surface area contributed by atoms with Gasteiger partial charge in [-0.15, -0.1) is 0 Å². The summed E-state index contributed by atoms with van der Waals surface area (Å²) in [5.41, 5.74) is 1.33. The predicted molar refractivity (Wildman–Crippen MR) is 54.8 cm³/mol. The van der Waals surface area contributed by atoms with Crippen LogP contribution in [0.15, 0.2) is 0 Å². The van der Waals surface area contributed by atoms with E-state index < -0.39 is 24.4 Å². The van der Waals surface area contributed by atoms with Crippen molar-refractivity contribution >= 4 is 11.8 Å². The molecule has 0 fully saturated rings. The van der Waals surface area contributed by atoms with Gasteiger partial charge in [-0.25, -0.2) is 10.7 Å². The number of nitrogens with one attached hydrogen (secondary N) is 2. The predicted octanol–water partition coefficient (Wildman–Crippen LogP) is -1.74. The van der Waals surface area contributed by atoms with Crippen LogP contribution < -0.4 is 16.6 Å².